The zero-order chi connectivity index (χ0) is 19.7. The highest BCUT2D eigenvalue weighted by molar-refractivity contribution is 7.20. The van der Waals surface area contributed by atoms with Gasteiger partial charge in [0, 0.05) is 56.6 Å². The smallest absolute Gasteiger partial charge is 0.275 e. The van der Waals surface area contributed by atoms with E-state index in [1.54, 1.807) is 12.1 Å². The number of nitrogens with zero attached hydrogens (tertiary/aromatic N) is 6. The third-order valence-electron chi connectivity index (χ3n) is 4.82. The number of hydrogen-bond acceptors (Lipinski definition) is 8. The molecule has 0 spiro atoms. The molecular formula is C18H20N6O3S. The number of fused-ring (bicyclic) bond motifs is 1. The van der Waals surface area contributed by atoms with E-state index in [-0.39, 0.29) is 16.2 Å². The number of rotatable bonds is 5. The number of nitro groups is 1. The first-order valence-electron chi connectivity index (χ1n) is 9.14. The third kappa shape index (κ3) is 3.73. The molecule has 10 heteroatoms. The summed E-state index contributed by atoms with van der Waals surface area (Å²) in [6, 6.07) is 8.31. The number of anilines is 1. The second kappa shape index (κ2) is 7.64. The highest BCUT2D eigenvalue weighted by Gasteiger charge is 2.21. The molecule has 0 N–H and O–H groups in total. The molecule has 0 aliphatic carbocycles. The number of aryl methyl sites for hydroxylation is 1. The van der Waals surface area contributed by atoms with Gasteiger partial charge in [-0.25, -0.2) is 4.98 Å². The van der Waals surface area contributed by atoms with Crippen LogP contribution in [0.2, 0.25) is 0 Å². The van der Waals surface area contributed by atoms with Crippen molar-refractivity contribution in [3.05, 3.63) is 62.1 Å². The molecule has 0 unspecified atom stereocenters. The average molecular weight is 400 g/mol. The summed E-state index contributed by atoms with van der Waals surface area (Å²) in [6.07, 6.45) is 0.718. The van der Waals surface area contributed by atoms with Crippen LogP contribution in [0.15, 0.2) is 35.1 Å². The van der Waals surface area contributed by atoms with Crippen molar-refractivity contribution in [2.24, 2.45) is 0 Å². The van der Waals surface area contributed by atoms with Crippen molar-refractivity contribution in [3.63, 3.8) is 0 Å². The van der Waals surface area contributed by atoms with Crippen LogP contribution in [0, 0.1) is 10.1 Å². The van der Waals surface area contributed by atoms with E-state index >= 15 is 0 Å². The van der Waals surface area contributed by atoms with Gasteiger partial charge in [-0.15, -0.1) is 5.10 Å². The fraction of sp³-hybridized carbons (Fsp3) is 0.389. The second-order valence-electron chi connectivity index (χ2n) is 6.71. The van der Waals surface area contributed by atoms with Crippen molar-refractivity contribution in [3.8, 4) is 0 Å². The Labute approximate surface area is 165 Å². The molecule has 0 amide bonds. The highest BCUT2D eigenvalue weighted by Crippen LogP contribution is 2.23. The summed E-state index contributed by atoms with van der Waals surface area (Å²) in [5.41, 5.74) is 1.69. The molecular weight excluding hydrogens is 380 g/mol. The van der Waals surface area contributed by atoms with Gasteiger partial charge >= 0.3 is 0 Å². The quantitative estimate of drug-likeness (QED) is 0.477. The number of nitro benzene ring substituents is 1. The number of aromatic nitrogens is 3. The molecule has 146 valence electrons. The van der Waals surface area contributed by atoms with Crippen LogP contribution in [0.3, 0.4) is 0 Å². The van der Waals surface area contributed by atoms with Gasteiger partial charge in [-0.2, -0.15) is 4.52 Å². The molecule has 9 nitrogen and oxygen atoms in total. The minimum absolute atomic E-state index is 0.120. The van der Waals surface area contributed by atoms with E-state index < -0.39 is 0 Å². The number of non-ortho nitro benzene ring substituents is 1. The summed E-state index contributed by atoms with van der Waals surface area (Å²) < 4.78 is 1.37. The molecule has 1 fully saturated rings. The van der Waals surface area contributed by atoms with Crippen LogP contribution >= 0.6 is 11.3 Å². The van der Waals surface area contributed by atoms with Crippen molar-refractivity contribution in [2.75, 3.05) is 31.1 Å². The van der Waals surface area contributed by atoms with Gasteiger partial charge in [0.05, 0.1) is 4.92 Å². The van der Waals surface area contributed by atoms with Crippen molar-refractivity contribution >= 4 is 27.1 Å². The van der Waals surface area contributed by atoms with Gasteiger partial charge in [0.1, 0.15) is 0 Å². The van der Waals surface area contributed by atoms with E-state index in [9.17, 15) is 14.9 Å². The fourth-order valence-corrected chi connectivity index (χ4v) is 4.26. The average Bonchev–Trinajstić information content (AvgIpc) is 3.13. The van der Waals surface area contributed by atoms with Gasteiger partial charge in [0.2, 0.25) is 10.1 Å². The van der Waals surface area contributed by atoms with Gasteiger partial charge in [-0.05, 0) is 12.0 Å². The Hall–Kier alpha value is -2.85. The normalized spacial score (nSPS) is 15.2. The van der Waals surface area contributed by atoms with Crippen LogP contribution in [0.5, 0.6) is 0 Å². The summed E-state index contributed by atoms with van der Waals surface area (Å²) in [5.74, 6) is 0. The van der Waals surface area contributed by atoms with E-state index in [2.05, 4.69) is 19.9 Å². The van der Waals surface area contributed by atoms with Crippen LogP contribution in [-0.4, -0.2) is 50.6 Å². The summed E-state index contributed by atoms with van der Waals surface area (Å²) in [4.78, 5) is 32.3. The maximum atomic E-state index is 12.2. The summed E-state index contributed by atoms with van der Waals surface area (Å²) in [6.45, 7) is 5.85. The largest absolute Gasteiger partial charge is 0.344 e. The van der Waals surface area contributed by atoms with Crippen LogP contribution < -0.4 is 10.5 Å². The van der Waals surface area contributed by atoms with Gasteiger partial charge in [-0.3, -0.25) is 19.8 Å². The van der Waals surface area contributed by atoms with Crippen LogP contribution in [0.25, 0.3) is 4.96 Å². The lowest BCUT2D eigenvalue weighted by atomic mass is 10.2. The fourth-order valence-electron chi connectivity index (χ4n) is 3.28. The molecule has 4 rings (SSSR count). The van der Waals surface area contributed by atoms with Crippen LogP contribution in [0.1, 0.15) is 18.2 Å². The Kier molecular flexibility index (Phi) is 5.05. The Morgan fingerprint density at radius 2 is 2.00 bits per heavy atom. The highest BCUT2D eigenvalue weighted by atomic mass is 32.1. The minimum atomic E-state index is -0.367. The summed E-state index contributed by atoms with van der Waals surface area (Å²) in [7, 11) is 0. The number of piperazine rings is 1. The molecule has 3 aromatic rings. The van der Waals surface area contributed by atoms with Gasteiger partial charge < -0.3 is 4.90 Å². The van der Waals surface area contributed by atoms with Gasteiger partial charge in [0.15, 0.2) is 0 Å². The Balaban J connectivity index is 1.43. The maximum Gasteiger partial charge on any atom is 0.275 e. The Morgan fingerprint density at radius 1 is 1.21 bits per heavy atom. The predicted molar refractivity (Wildman–Crippen MR) is 107 cm³/mol. The van der Waals surface area contributed by atoms with E-state index in [0.717, 1.165) is 49.0 Å². The van der Waals surface area contributed by atoms with E-state index in [0.29, 0.717) is 11.5 Å². The zero-order valence-electron chi connectivity index (χ0n) is 15.4. The number of benzene rings is 1. The van der Waals surface area contributed by atoms with Crippen molar-refractivity contribution in [1.82, 2.24) is 19.5 Å². The molecule has 1 aliphatic rings. The first-order chi connectivity index (χ1) is 13.5. The molecule has 0 atom stereocenters. The third-order valence-corrected chi connectivity index (χ3v) is 5.79. The molecule has 0 bridgehead atoms. The molecule has 3 heterocycles. The molecule has 28 heavy (non-hydrogen) atoms. The second-order valence-corrected chi connectivity index (χ2v) is 7.64. The molecule has 0 radical (unpaired) electrons. The molecule has 1 aliphatic heterocycles. The SMILES string of the molecule is CCc1cc(=O)n2nc(N3CCN(Cc4cccc([N+](=O)[O-])c4)CC3)sc2n1. The summed E-state index contributed by atoms with van der Waals surface area (Å²) in [5, 5.41) is 16.2. The molecule has 2 aromatic heterocycles. The summed E-state index contributed by atoms with van der Waals surface area (Å²) >= 11 is 1.43. The van der Waals surface area contributed by atoms with Gasteiger partial charge in [-0.1, -0.05) is 30.4 Å². The van der Waals surface area contributed by atoms with E-state index in [4.69, 9.17) is 0 Å². The van der Waals surface area contributed by atoms with Crippen LogP contribution in [0.4, 0.5) is 10.8 Å². The van der Waals surface area contributed by atoms with E-state index in [1.807, 2.05) is 13.0 Å². The first-order valence-corrected chi connectivity index (χ1v) is 9.95. The number of hydrogen-bond donors (Lipinski definition) is 0. The first kappa shape index (κ1) is 18.5. The lowest BCUT2D eigenvalue weighted by Gasteiger charge is -2.34. The topological polar surface area (TPSA) is 96.9 Å². The van der Waals surface area contributed by atoms with E-state index in [1.165, 1.54) is 28.0 Å². The minimum Gasteiger partial charge on any atom is -0.344 e. The lowest BCUT2D eigenvalue weighted by molar-refractivity contribution is -0.384. The Bertz CT molecular complexity index is 1070. The molecule has 0 saturated carbocycles. The zero-order valence-corrected chi connectivity index (χ0v) is 16.3. The van der Waals surface area contributed by atoms with Crippen molar-refractivity contribution < 1.29 is 4.92 Å². The van der Waals surface area contributed by atoms with Crippen molar-refractivity contribution in [2.45, 2.75) is 19.9 Å². The van der Waals surface area contributed by atoms with Crippen molar-refractivity contribution in [1.29, 1.82) is 0 Å². The Morgan fingerprint density at radius 3 is 2.71 bits per heavy atom. The van der Waals surface area contributed by atoms with Gasteiger partial charge in [0.25, 0.3) is 11.2 Å². The molecule has 1 aromatic carbocycles. The molecule has 1 saturated heterocycles. The monoisotopic (exact) mass is 400 g/mol. The maximum absolute atomic E-state index is 12.2. The standard InChI is InChI=1S/C18H20N6O3S/c1-2-14-11-16(25)23-17(19-14)28-18(20-23)22-8-6-21(7-9-22)12-13-4-3-5-15(10-13)24(26)27/h3-5,10-11H,2,6-9,12H2,1H3. The van der Waals surface area contributed by atoms with Crippen LogP contribution in [-0.2, 0) is 13.0 Å². The predicted octanol–water partition coefficient (Wildman–Crippen LogP) is 1.94. The lowest BCUT2D eigenvalue weighted by Crippen LogP contribution is -2.46.